The van der Waals surface area contributed by atoms with Crippen LogP contribution in [-0.4, -0.2) is 0 Å². The van der Waals surface area contributed by atoms with E-state index in [1.54, 1.807) is 0 Å². The molecule has 2 nitrogen and oxygen atoms in total. The minimum absolute atomic E-state index is 0. The van der Waals surface area contributed by atoms with Crippen molar-refractivity contribution in [1.82, 2.24) is 0 Å². The van der Waals surface area contributed by atoms with Crippen molar-refractivity contribution in [1.29, 1.82) is 0 Å². The van der Waals surface area contributed by atoms with Gasteiger partial charge in [0.25, 0.3) is 0 Å². The van der Waals surface area contributed by atoms with Crippen molar-refractivity contribution >= 4 is 23.8 Å². The number of halogens is 1. The van der Waals surface area contributed by atoms with Gasteiger partial charge in [0.1, 0.15) is 0 Å². The monoisotopic (exact) mass is 172 g/mol. The van der Waals surface area contributed by atoms with Crippen LogP contribution in [0.3, 0.4) is 0 Å². The summed E-state index contributed by atoms with van der Waals surface area (Å²) in [5, 5.41) is 0. The fraction of sp³-hybridized carbons (Fsp3) is 0.250. The molecule has 1 rings (SSSR count). The number of rotatable bonds is 0. The average Bonchev–Trinajstić information content (AvgIpc) is 1.84. The first kappa shape index (κ1) is 10.1. The molecule has 0 amide bonds. The average molecular weight is 173 g/mol. The first-order chi connectivity index (χ1) is 4.61. The van der Waals surface area contributed by atoms with Crippen LogP contribution >= 0.6 is 12.4 Å². The third kappa shape index (κ3) is 2.02. The molecule has 1 aromatic carbocycles. The summed E-state index contributed by atoms with van der Waals surface area (Å²) in [5.74, 6) is 0. The molecule has 0 spiro atoms. The molecule has 0 saturated carbocycles. The van der Waals surface area contributed by atoms with Crippen LogP contribution < -0.4 is 11.5 Å². The SMILES string of the molecule is Cc1cc(N)c(C)cc1N.Cl. The normalized spacial score (nSPS) is 8.91. The molecule has 0 saturated heterocycles. The predicted molar refractivity (Wildman–Crippen MR) is 52.0 cm³/mol. The fourth-order valence-electron chi connectivity index (χ4n) is 0.861. The van der Waals surface area contributed by atoms with E-state index in [1.165, 1.54) is 0 Å². The maximum absolute atomic E-state index is 5.63. The van der Waals surface area contributed by atoms with Crippen molar-refractivity contribution in [2.45, 2.75) is 13.8 Å². The van der Waals surface area contributed by atoms with E-state index < -0.39 is 0 Å². The predicted octanol–water partition coefficient (Wildman–Crippen LogP) is 1.89. The van der Waals surface area contributed by atoms with Gasteiger partial charge in [0.15, 0.2) is 0 Å². The number of benzene rings is 1. The van der Waals surface area contributed by atoms with Gasteiger partial charge < -0.3 is 11.5 Å². The van der Waals surface area contributed by atoms with Crippen LogP contribution in [0.2, 0.25) is 0 Å². The molecule has 4 N–H and O–H groups in total. The highest BCUT2D eigenvalue weighted by Crippen LogP contribution is 2.18. The van der Waals surface area contributed by atoms with Crippen molar-refractivity contribution < 1.29 is 0 Å². The van der Waals surface area contributed by atoms with Crippen molar-refractivity contribution in [3.63, 3.8) is 0 Å². The number of nitrogens with two attached hydrogens (primary N) is 2. The zero-order chi connectivity index (χ0) is 7.72. The Kier molecular flexibility index (Phi) is 3.20. The highest BCUT2D eigenvalue weighted by atomic mass is 35.5. The number of hydrogen-bond donors (Lipinski definition) is 2. The van der Waals surface area contributed by atoms with Gasteiger partial charge in [-0.15, -0.1) is 12.4 Å². The second-order valence-corrected chi connectivity index (χ2v) is 2.57. The molecule has 0 fully saturated rings. The van der Waals surface area contributed by atoms with Crippen LogP contribution in [0.25, 0.3) is 0 Å². The molecule has 1 aromatic rings. The minimum atomic E-state index is 0. The lowest BCUT2D eigenvalue weighted by Gasteiger charge is -2.03. The van der Waals surface area contributed by atoms with Crippen LogP contribution in [0.5, 0.6) is 0 Å². The summed E-state index contributed by atoms with van der Waals surface area (Å²) in [6.07, 6.45) is 0. The number of hydrogen-bond acceptors (Lipinski definition) is 2. The first-order valence-electron chi connectivity index (χ1n) is 3.23. The van der Waals surface area contributed by atoms with Crippen LogP contribution in [-0.2, 0) is 0 Å². The standard InChI is InChI=1S/C8H12N2.ClH/c1-5-3-8(10)6(2)4-7(5)9;/h3-4H,9-10H2,1-2H3;1H. The van der Waals surface area contributed by atoms with E-state index >= 15 is 0 Å². The largest absolute Gasteiger partial charge is 0.399 e. The Morgan fingerprint density at radius 3 is 1.45 bits per heavy atom. The Balaban J connectivity index is 0.000001000. The molecular weight excluding hydrogens is 160 g/mol. The quantitative estimate of drug-likeness (QED) is 0.588. The maximum atomic E-state index is 5.63. The maximum Gasteiger partial charge on any atom is 0.0347 e. The molecule has 0 aromatic heterocycles. The Morgan fingerprint density at radius 2 is 1.18 bits per heavy atom. The molecule has 0 heterocycles. The molecular formula is C8H13ClN2. The Morgan fingerprint density at radius 1 is 0.909 bits per heavy atom. The van der Waals surface area contributed by atoms with Crippen molar-refractivity contribution in [3.8, 4) is 0 Å². The van der Waals surface area contributed by atoms with Gasteiger partial charge in [0, 0.05) is 11.4 Å². The van der Waals surface area contributed by atoms with Gasteiger partial charge in [0.2, 0.25) is 0 Å². The van der Waals surface area contributed by atoms with Gasteiger partial charge in [-0.25, -0.2) is 0 Å². The lowest BCUT2D eigenvalue weighted by molar-refractivity contribution is 1.40. The molecule has 11 heavy (non-hydrogen) atoms. The van der Waals surface area contributed by atoms with E-state index in [0.29, 0.717) is 0 Å². The van der Waals surface area contributed by atoms with Crippen molar-refractivity contribution in [2.75, 3.05) is 11.5 Å². The Bertz CT molecular complexity index is 208. The zero-order valence-electron chi connectivity index (χ0n) is 6.72. The molecule has 0 atom stereocenters. The van der Waals surface area contributed by atoms with Crippen LogP contribution in [0.4, 0.5) is 11.4 Å². The molecule has 0 bridgehead atoms. The number of anilines is 2. The van der Waals surface area contributed by atoms with Crippen LogP contribution in [0, 0.1) is 13.8 Å². The second-order valence-electron chi connectivity index (χ2n) is 2.57. The first-order valence-corrected chi connectivity index (χ1v) is 3.23. The topological polar surface area (TPSA) is 52.0 Å². The van der Waals surface area contributed by atoms with E-state index in [1.807, 2.05) is 26.0 Å². The Hall–Kier alpha value is -0.890. The molecule has 0 aliphatic carbocycles. The molecule has 62 valence electrons. The van der Waals surface area contributed by atoms with Gasteiger partial charge in [-0.3, -0.25) is 0 Å². The summed E-state index contributed by atoms with van der Waals surface area (Å²) in [6.45, 7) is 3.90. The molecule has 0 radical (unpaired) electrons. The van der Waals surface area contributed by atoms with Crippen LogP contribution in [0.15, 0.2) is 12.1 Å². The third-order valence-corrected chi connectivity index (χ3v) is 1.65. The minimum Gasteiger partial charge on any atom is -0.399 e. The second kappa shape index (κ2) is 3.49. The van der Waals surface area contributed by atoms with E-state index in [0.717, 1.165) is 22.5 Å². The summed E-state index contributed by atoms with van der Waals surface area (Å²) < 4.78 is 0. The highest BCUT2D eigenvalue weighted by molar-refractivity contribution is 5.85. The zero-order valence-corrected chi connectivity index (χ0v) is 7.53. The molecule has 0 aliphatic heterocycles. The van der Waals surface area contributed by atoms with Gasteiger partial charge >= 0.3 is 0 Å². The lowest BCUT2D eigenvalue weighted by Crippen LogP contribution is -1.95. The fourth-order valence-corrected chi connectivity index (χ4v) is 0.861. The summed E-state index contributed by atoms with van der Waals surface area (Å²) >= 11 is 0. The van der Waals surface area contributed by atoms with E-state index in [9.17, 15) is 0 Å². The van der Waals surface area contributed by atoms with Gasteiger partial charge in [0.05, 0.1) is 0 Å². The van der Waals surface area contributed by atoms with Crippen molar-refractivity contribution in [2.24, 2.45) is 0 Å². The summed E-state index contributed by atoms with van der Waals surface area (Å²) in [7, 11) is 0. The van der Waals surface area contributed by atoms with Gasteiger partial charge in [-0.05, 0) is 37.1 Å². The lowest BCUT2D eigenvalue weighted by atomic mass is 10.1. The summed E-state index contributed by atoms with van der Waals surface area (Å²) in [4.78, 5) is 0. The summed E-state index contributed by atoms with van der Waals surface area (Å²) in [5.41, 5.74) is 15.0. The van der Waals surface area contributed by atoms with Gasteiger partial charge in [-0.1, -0.05) is 0 Å². The number of nitrogen functional groups attached to an aromatic ring is 2. The number of aryl methyl sites for hydroxylation is 2. The van der Waals surface area contributed by atoms with Crippen molar-refractivity contribution in [3.05, 3.63) is 23.3 Å². The van der Waals surface area contributed by atoms with E-state index in [2.05, 4.69) is 0 Å². The molecule has 0 aliphatic rings. The van der Waals surface area contributed by atoms with E-state index in [-0.39, 0.29) is 12.4 Å². The molecule has 0 unspecified atom stereocenters. The smallest absolute Gasteiger partial charge is 0.0347 e. The Labute approximate surface area is 73.0 Å². The van der Waals surface area contributed by atoms with Gasteiger partial charge in [-0.2, -0.15) is 0 Å². The third-order valence-electron chi connectivity index (χ3n) is 1.65. The van der Waals surface area contributed by atoms with E-state index in [4.69, 9.17) is 11.5 Å². The summed E-state index contributed by atoms with van der Waals surface area (Å²) in [6, 6.07) is 3.79. The van der Waals surface area contributed by atoms with Crippen LogP contribution in [0.1, 0.15) is 11.1 Å². The molecule has 3 heteroatoms. The highest BCUT2D eigenvalue weighted by Gasteiger charge is 1.96.